The highest BCUT2D eigenvalue weighted by Gasteiger charge is 2.12. The van der Waals surface area contributed by atoms with Gasteiger partial charge in [0, 0.05) is 10.5 Å². The average Bonchev–Trinajstić information content (AvgIpc) is 3.31. The summed E-state index contributed by atoms with van der Waals surface area (Å²) in [5.74, 6) is -0.305. The van der Waals surface area contributed by atoms with Crippen molar-refractivity contribution in [2.75, 3.05) is 5.32 Å². The van der Waals surface area contributed by atoms with Gasteiger partial charge in [0.2, 0.25) is 5.16 Å². The number of hydrogen-bond acceptors (Lipinski definition) is 7. The molecule has 0 unspecified atom stereocenters. The van der Waals surface area contributed by atoms with Gasteiger partial charge < -0.3 is 5.11 Å². The summed E-state index contributed by atoms with van der Waals surface area (Å²) in [5, 5.41) is 25.0. The number of nitrogens with one attached hydrogen (secondary N) is 1. The van der Waals surface area contributed by atoms with Gasteiger partial charge in [0.25, 0.3) is 0 Å². The number of nitrogens with zero attached hydrogens (tertiary/aromatic N) is 5. The van der Waals surface area contributed by atoms with E-state index in [9.17, 15) is 9.18 Å². The molecule has 148 valence electrons. The lowest BCUT2D eigenvalue weighted by molar-refractivity contribution is 0.209. The predicted molar refractivity (Wildman–Crippen MR) is 112 cm³/mol. The van der Waals surface area contributed by atoms with Crippen molar-refractivity contribution < 1.29 is 14.3 Å². The van der Waals surface area contributed by atoms with E-state index in [0.29, 0.717) is 27.1 Å². The van der Waals surface area contributed by atoms with Gasteiger partial charge in [0.05, 0.1) is 15.9 Å². The fraction of sp³-hybridized carbons (Fsp3) is 0. The summed E-state index contributed by atoms with van der Waals surface area (Å²) >= 11 is 2.63. The third kappa shape index (κ3) is 3.55. The van der Waals surface area contributed by atoms with E-state index in [-0.39, 0.29) is 5.82 Å². The molecule has 5 rings (SSSR count). The van der Waals surface area contributed by atoms with Crippen molar-refractivity contribution >= 4 is 50.2 Å². The molecule has 8 nitrogen and oxygen atoms in total. The first-order valence-corrected chi connectivity index (χ1v) is 10.3. The minimum absolute atomic E-state index is 0.305. The van der Waals surface area contributed by atoms with Crippen molar-refractivity contribution in [3.05, 3.63) is 60.4 Å². The lowest BCUT2D eigenvalue weighted by Gasteiger charge is -2.03. The van der Waals surface area contributed by atoms with E-state index in [2.05, 4.69) is 25.6 Å². The fourth-order valence-electron chi connectivity index (χ4n) is 2.83. The number of rotatable bonds is 4. The van der Waals surface area contributed by atoms with Gasteiger partial charge >= 0.3 is 6.09 Å². The molecular weight excluding hydrogens is 427 g/mol. The van der Waals surface area contributed by atoms with Crippen molar-refractivity contribution in [3.8, 4) is 11.3 Å². The normalized spacial score (nSPS) is 11.2. The Morgan fingerprint density at radius 1 is 1.10 bits per heavy atom. The number of hydrogen-bond donors (Lipinski definition) is 2. The number of thiazole rings is 1. The van der Waals surface area contributed by atoms with Crippen LogP contribution in [0.1, 0.15) is 0 Å². The third-order valence-corrected chi connectivity index (χ3v) is 6.02. The van der Waals surface area contributed by atoms with Crippen LogP contribution >= 0.6 is 23.1 Å². The second-order valence-corrected chi connectivity index (χ2v) is 8.23. The number of fused-ring (bicyclic) bond motifs is 2. The maximum Gasteiger partial charge on any atom is 0.410 e. The Hall–Kier alpha value is -3.57. The average molecular weight is 438 g/mol. The lowest BCUT2D eigenvalue weighted by atomic mass is 10.1. The summed E-state index contributed by atoms with van der Waals surface area (Å²) in [5.41, 5.74) is 2.75. The zero-order valence-corrected chi connectivity index (χ0v) is 16.6. The first-order valence-electron chi connectivity index (χ1n) is 8.62. The van der Waals surface area contributed by atoms with Crippen LogP contribution in [0.15, 0.2) is 64.6 Å². The van der Waals surface area contributed by atoms with Crippen LogP contribution in [0.4, 0.5) is 14.3 Å². The summed E-state index contributed by atoms with van der Waals surface area (Å²) in [4.78, 5) is 15.9. The Labute approximate surface area is 176 Å². The van der Waals surface area contributed by atoms with Crippen LogP contribution in [0.3, 0.4) is 0 Å². The Morgan fingerprint density at radius 3 is 2.73 bits per heavy atom. The summed E-state index contributed by atoms with van der Waals surface area (Å²) < 4.78 is 15.7. The molecule has 2 N–H and O–H groups in total. The summed E-state index contributed by atoms with van der Waals surface area (Å²) in [7, 11) is 0. The molecule has 0 radical (unpaired) electrons. The van der Waals surface area contributed by atoms with E-state index >= 15 is 0 Å². The van der Waals surface area contributed by atoms with Gasteiger partial charge in [-0.25, -0.2) is 14.2 Å². The maximum atomic E-state index is 13.2. The first-order chi connectivity index (χ1) is 14.5. The minimum Gasteiger partial charge on any atom is -0.465 e. The van der Waals surface area contributed by atoms with Crippen molar-refractivity contribution in [1.29, 1.82) is 0 Å². The van der Waals surface area contributed by atoms with Crippen LogP contribution < -0.4 is 5.32 Å². The predicted octanol–water partition coefficient (Wildman–Crippen LogP) is 4.78. The lowest BCUT2D eigenvalue weighted by Crippen LogP contribution is -2.06. The highest BCUT2D eigenvalue weighted by atomic mass is 32.2. The van der Waals surface area contributed by atoms with E-state index in [1.807, 2.05) is 24.3 Å². The quantitative estimate of drug-likeness (QED) is 0.416. The van der Waals surface area contributed by atoms with Crippen LogP contribution in [-0.4, -0.2) is 36.0 Å². The molecule has 0 aliphatic rings. The van der Waals surface area contributed by atoms with Crippen LogP contribution in [0, 0.1) is 5.82 Å². The fourth-order valence-corrected chi connectivity index (χ4v) is 4.62. The van der Waals surface area contributed by atoms with E-state index in [4.69, 9.17) is 5.11 Å². The zero-order valence-electron chi connectivity index (χ0n) is 15.0. The number of anilines is 1. The van der Waals surface area contributed by atoms with Crippen molar-refractivity contribution in [2.45, 2.75) is 10.1 Å². The van der Waals surface area contributed by atoms with Gasteiger partial charge in [0.1, 0.15) is 5.82 Å². The molecule has 0 bridgehead atoms. The molecule has 0 saturated carbocycles. The van der Waals surface area contributed by atoms with E-state index in [0.717, 1.165) is 15.2 Å². The number of carbonyl (C=O) groups is 1. The number of halogens is 1. The Morgan fingerprint density at radius 2 is 1.93 bits per heavy atom. The summed E-state index contributed by atoms with van der Waals surface area (Å²) in [6.45, 7) is 0. The molecular formula is C19H11FN6O2S2. The molecule has 0 spiro atoms. The Kier molecular flexibility index (Phi) is 4.52. The monoisotopic (exact) mass is 438 g/mol. The van der Waals surface area contributed by atoms with E-state index < -0.39 is 6.09 Å². The molecule has 0 saturated heterocycles. The van der Waals surface area contributed by atoms with Gasteiger partial charge in [0.15, 0.2) is 10.8 Å². The molecule has 30 heavy (non-hydrogen) atoms. The van der Waals surface area contributed by atoms with E-state index in [1.54, 1.807) is 22.7 Å². The van der Waals surface area contributed by atoms with Crippen molar-refractivity contribution in [1.82, 2.24) is 24.8 Å². The maximum absolute atomic E-state index is 13.2. The first kappa shape index (κ1) is 18.5. The van der Waals surface area contributed by atoms with Crippen LogP contribution in [0.25, 0.3) is 27.1 Å². The topological polar surface area (TPSA) is 105 Å². The third-order valence-electron chi connectivity index (χ3n) is 4.16. The largest absolute Gasteiger partial charge is 0.465 e. The Balaban J connectivity index is 1.48. The molecule has 0 atom stereocenters. The van der Waals surface area contributed by atoms with E-state index in [1.165, 1.54) is 35.2 Å². The molecule has 11 heteroatoms. The van der Waals surface area contributed by atoms with Crippen LogP contribution in [-0.2, 0) is 0 Å². The van der Waals surface area contributed by atoms with Crippen molar-refractivity contribution in [2.24, 2.45) is 0 Å². The Bertz CT molecular complexity index is 1400. The number of aromatic nitrogens is 5. The molecule has 0 aliphatic carbocycles. The zero-order chi connectivity index (χ0) is 20.7. The second-order valence-electron chi connectivity index (χ2n) is 6.16. The second kappa shape index (κ2) is 7.35. The number of benzene rings is 2. The van der Waals surface area contributed by atoms with Crippen LogP contribution in [0.2, 0.25) is 0 Å². The van der Waals surface area contributed by atoms with Gasteiger partial charge in [-0.05, 0) is 66.4 Å². The highest BCUT2D eigenvalue weighted by molar-refractivity contribution is 7.99. The number of carboxylic acid groups (broad SMARTS) is 1. The molecule has 3 aromatic heterocycles. The molecule has 5 aromatic rings. The van der Waals surface area contributed by atoms with Gasteiger partial charge in [-0.15, -0.1) is 10.2 Å². The smallest absolute Gasteiger partial charge is 0.410 e. The van der Waals surface area contributed by atoms with Gasteiger partial charge in [-0.2, -0.15) is 9.61 Å². The SMILES string of the molecule is O=C(O)Nc1nc2ccc(Sc3nnc4ccc(-c5ccc(F)cc5)nn34)cc2s1. The standard InChI is InChI=1S/C19H11FN6O2S2/c20-11-3-1-10(2-4-11)13-7-8-16-23-24-18(26(16)25-13)29-12-5-6-14-15(9-12)30-17(21-14)22-19(27)28/h1-9H,(H,21,22)(H,27,28). The summed E-state index contributed by atoms with van der Waals surface area (Å²) in [6.07, 6.45) is -1.15. The van der Waals surface area contributed by atoms with Gasteiger partial charge in [-0.1, -0.05) is 11.3 Å². The molecule has 0 fully saturated rings. The summed E-state index contributed by atoms with van der Waals surface area (Å²) in [6, 6.07) is 15.3. The minimum atomic E-state index is -1.15. The molecule has 2 aromatic carbocycles. The molecule has 3 heterocycles. The number of amides is 1. The van der Waals surface area contributed by atoms with Gasteiger partial charge in [-0.3, -0.25) is 5.32 Å². The highest BCUT2D eigenvalue weighted by Crippen LogP contribution is 2.33. The van der Waals surface area contributed by atoms with Crippen molar-refractivity contribution in [3.63, 3.8) is 0 Å². The molecule has 0 aliphatic heterocycles. The molecule has 1 amide bonds. The van der Waals surface area contributed by atoms with Crippen LogP contribution in [0.5, 0.6) is 0 Å².